The number of fused-ring (bicyclic) bond motifs is 3. The molecule has 2 aromatic heterocycles. The second kappa shape index (κ2) is 8.00. The minimum Gasteiger partial charge on any atom is -0.283 e. The number of nitrogens with zero attached hydrogens (tertiary/aromatic N) is 2. The summed E-state index contributed by atoms with van der Waals surface area (Å²) in [5.74, 6) is 0.621. The van der Waals surface area contributed by atoms with Crippen molar-refractivity contribution in [2.75, 3.05) is 0 Å². The zero-order chi connectivity index (χ0) is 19.0. The average molecular weight is 437 g/mol. The van der Waals surface area contributed by atoms with Crippen LogP contribution in [0.3, 0.4) is 0 Å². The van der Waals surface area contributed by atoms with Crippen molar-refractivity contribution in [1.82, 2.24) is 9.55 Å². The first-order chi connectivity index (χ1) is 13.1. The Balaban J connectivity index is 1.76. The number of thioether (sulfide) groups is 1. The quantitative estimate of drug-likeness (QED) is 0.274. The van der Waals surface area contributed by atoms with E-state index in [1.165, 1.54) is 28.6 Å². The maximum Gasteiger partial charge on any atom is 0.263 e. The fourth-order valence-corrected chi connectivity index (χ4v) is 6.27. The Morgan fingerprint density at radius 1 is 1.30 bits per heavy atom. The summed E-state index contributed by atoms with van der Waals surface area (Å²) in [5.41, 5.74) is 2.23. The molecule has 1 aromatic carbocycles. The molecule has 27 heavy (non-hydrogen) atoms. The maximum atomic E-state index is 13.2. The van der Waals surface area contributed by atoms with Crippen molar-refractivity contribution >= 4 is 56.5 Å². The van der Waals surface area contributed by atoms with Crippen molar-refractivity contribution in [3.05, 3.63) is 67.3 Å². The van der Waals surface area contributed by atoms with Crippen molar-refractivity contribution in [2.24, 2.45) is 0 Å². The fraction of sp³-hybridized carbons (Fsp3) is 0.300. The van der Waals surface area contributed by atoms with Crippen LogP contribution in [0, 0.1) is 0 Å². The van der Waals surface area contributed by atoms with E-state index in [-0.39, 0.29) is 5.56 Å². The molecule has 140 valence electrons. The Bertz CT molecular complexity index is 1090. The van der Waals surface area contributed by atoms with Crippen molar-refractivity contribution in [3.8, 4) is 0 Å². The van der Waals surface area contributed by atoms with Gasteiger partial charge in [0.1, 0.15) is 4.83 Å². The molecule has 1 aliphatic carbocycles. The molecule has 3 aromatic rings. The van der Waals surface area contributed by atoms with E-state index in [1.54, 1.807) is 28.0 Å². The number of aryl methyl sites for hydroxylation is 2. The van der Waals surface area contributed by atoms with Crippen molar-refractivity contribution in [1.29, 1.82) is 0 Å². The van der Waals surface area contributed by atoms with Crippen molar-refractivity contribution < 1.29 is 0 Å². The van der Waals surface area contributed by atoms with Gasteiger partial charge in [0.05, 0.1) is 5.39 Å². The number of hydrogen-bond acceptors (Lipinski definition) is 4. The van der Waals surface area contributed by atoms with Crippen LogP contribution < -0.4 is 5.56 Å². The van der Waals surface area contributed by atoms with Crippen LogP contribution in [0.2, 0.25) is 10.0 Å². The Labute approximate surface area is 176 Å². The number of benzene rings is 1. The summed E-state index contributed by atoms with van der Waals surface area (Å²) in [6.07, 6.45) is 6.11. The number of halogens is 2. The fourth-order valence-electron chi connectivity index (χ4n) is 3.40. The molecule has 4 rings (SSSR count). The summed E-state index contributed by atoms with van der Waals surface area (Å²) in [7, 11) is 0. The van der Waals surface area contributed by atoms with E-state index < -0.39 is 0 Å². The van der Waals surface area contributed by atoms with Crippen LogP contribution >= 0.6 is 46.3 Å². The smallest absolute Gasteiger partial charge is 0.263 e. The molecule has 0 N–H and O–H groups in total. The molecule has 3 nitrogen and oxygen atoms in total. The number of thiophene rings is 1. The molecule has 0 atom stereocenters. The van der Waals surface area contributed by atoms with E-state index in [2.05, 4.69) is 6.58 Å². The number of hydrogen-bond donors (Lipinski definition) is 0. The predicted octanol–water partition coefficient (Wildman–Crippen LogP) is 6.12. The van der Waals surface area contributed by atoms with Crippen LogP contribution in [-0.4, -0.2) is 9.55 Å². The molecule has 0 spiro atoms. The summed E-state index contributed by atoms with van der Waals surface area (Å²) in [6.45, 7) is 4.25. The minimum atomic E-state index is 0.0454. The highest BCUT2D eigenvalue weighted by Crippen LogP contribution is 2.35. The van der Waals surface area contributed by atoms with E-state index >= 15 is 0 Å². The number of rotatable bonds is 5. The highest BCUT2D eigenvalue weighted by molar-refractivity contribution is 7.98. The lowest BCUT2D eigenvalue weighted by Crippen LogP contribution is -2.23. The molecule has 0 fully saturated rings. The lowest BCUT2D eigenvalue weighted by Gasteiger charge is -2.12. The summed E-state index contributed by atoms with van der Waals surface area (Å²) in [4.78, 5) is 20.3. The second-order valence-corrected chi connectivity index (χ2v) is 9.38. The van der Waals surface area contributed by atoms with Gasteiger partial charge in [-0.1, -0.05) is 47.1 Å². The molecule has 0 amide bonds. The predicted molar refractivity (Wildman–Crippen MR) is 117 cm³/mol. The molecule has 0 radical (unpaired) electrons. The maximum absolute atomic E-state index is 13.2. The molecule has 2 heterocycles. The van der Waals surface area contributed by atoms with Gasteiger partial charge in [0.15, 0.2) is 5.16 Å². The van der Waals surface area contributed by atoms with Gasteiger partial charge in [0.25, 0.3) is 5.56 Å². The van der Waals surface area contributed by atoms with Crippen LogP contribution in [0.25, 0.3) is 10.2 Å². The van der Waals surface area contributed by atoms with E-state index in [0.29, 0.717) is 27.5 Å². The van der Waals surface area contributed by atoms with Crippen LogP contribution in [0.15, 0.2) is 40.8 Å². The zero-order valence-electron chi connectivity index (χ0n) is 14.6. The summed E-state index contributed by atoms with van der Waals surface area (Å²) in [6, 6.07) is 5.47. The van der Waals surface area contributed by atoms with Crippen LogP contribution in [0.4, 0.5) is 0 Å². The van der Waals surface area contributed by atoms with Crippen molar-refractivity contribution in [3.63, 3.8) is 0 Å². The third kappa shape index (κ3) is 3.70. The molecule has 0 bridgehead atoms. The SMILES string of the molecule is C=CCn1c(SCc2ccc(Cl)cc2Cl)nc2sc3c(c2c1=O)CCCC3. The molecule has 0 saturated carbocycles. The first-order valence-corrected chi connectivity index (χ1v) is 11.4. The van der Waals surface area contributed by atoms with Crippen LogP contribution in [0.5, 0.6) is 0 Å². The lowest BCUT2D eigenvalue weighted by atomic mass is 9.97. The van der Waals surface area contributed by atoms with E-state index in [0.717, 1.165) is 35.0 Å². The van der Waals surface area contributed by atoms with Gasteiger partial charge in [-0.2, -0.15) is 0 Å². The molecule has 0 saturated heterocycles. The van der Waals surface area contributed by atoms with Crippen LogP contribution in [0.1, 0.15) is 28.8 Å². The molecular formula is C20H18Cl2N2OS2. The van der Waals surface area contributed by atoms with E-state index in [4.69, 9.17) is 28.2 Å². The van der Waals surface area contributed by atoms with Gasteiger partial charge in [-0.05, 0) is 48.9 Å². The topological polar surface area (TPSA) is 34.9 Å². The van der Waals surface area contributed by atoms with Gasteiger partial charge in [-0.15, -0.1) is 17.9 Å². The van der Waals surface area contributed by atoms with Gasteiger partial charge in [-0.25, -0.2) is 4.98 Å². The molecule has 7 heteroatoms. The highest BCUT2D eigenvalue weighted by Gasteiger charge is 2.22. The third-order valence-corrected chi connectivity index (χ3v) is 7.52. The number of allylic oxidation sites excluding steroid dienone is 1. The highest BCUT2D eigenvalue weighted by atomic mass is 35.5. The van der Waals surface area contributed by atoms with Gasteiger partial charge in [-0.3, -0.25) is 9.36 Å². The summed E-state index contributed by atoms with van der Waals surface area (Å²) < 4.78 is 1.73. The third-order valence-electron chi connectivity index (χ3n) is 4.72. The monoisotopic (exact) mass is 436 g/mol. The van der Waals surface area contributed by atoms with Gasteiger partial charge < -0.3 is 0 Å². The first kappa shape index (κ1) is 19.1. The van der Waals surface area contributed by atoms with Crippen molar-refractivity contribution in [2.45, 2.75) is 43.1 Å². The normalized spacial score (nSPS) is 13.7. The standard InChI is InChI=1S/C20H18Cl2N2OS2/c1-2-9-24-19(25)17-14-5-3-4-6-16(14)27-18(17)23-20(24)26-11-12-7-8-13(21)10-15(12)22/h2,7-8,10H,1,3-6,9,11H2. The van der Waals surface area contributed by atoms with Gasteiger partial charge >= 0.3 is 0 Å². The van der Waals surface area contributed by atoms with E-state index in [9.17, 15) is 4.79 Å². The summed E-state index contributed by atoms with van der Waals surface area (Å²) in [5, 5.41) is 2.75. The molecular weight excluding hydrogens is 419 g/mol. The first-order valence-electron chi connectivity index (χ1n) is 8.81. The minimum absolute atomic E-state index is 0.0454. The molecule has 0 aliphatic heterocycles. The Kier molecular flexibility index (Phi) is 5.65. The number of aromatic nitrogens is 2. The average Bonchev–Trinajstić information content (AvgIpc) is 3.02. The molecule has 1 aliphatic rings. The Hall–Kier alpha value is -1.27. The summed E-state index contributed by atoms with van der Waals surface area (Å²) >= 11 is 15.5. The van der Waals surface area contributed by atoms with Gasteiger partial charge in [0.2, 0.25) is 0 Å². The van der Waals surface area contributed by atoms with Crippen LogP contribution in [-0.2, 0) is 25.1 Å². The molecule has 0 unspecified atom stereocenters. The van der Waals surface area contributed by atoms with Gasteiger partial charge in [0, 0.05) is 27.2 Å². The largest absolute Gasteiger partial charge is 0.283 e. The Morgan fingerprint density at radius 3 is 2.89 bits per heavy atom. The second-order valence-electron chi connectivity index (χ2n) is 6.51. The van der Waals surface area contributed by atoms with E-state index in [1.807, 2.05) is 12.1 Å². The zero-order valence-corrected chi connectivity index (χ0v) is 17.8. The Morgan fingerprint density at radius 2 is 2.11 bits per heavy atom. The lowest BCUT2D eigenvalue weighted by molar-refractivity contribution is 0.668.